The third-order valence-corrected chi connectivity index (χ3v) is 7.61. The smallest absolute Gasteiger partial charge is 0.212 e. The molecular weight excluding hydrogens is 312 g/mol. The summed E-state index contributed by atoms with van der Waals surface area (Å²) in [7, 11) is -6.81. The van der Waals surface area contributed by atoms with Crippen molar-refractivity contribution in [3.8, 4) is 0 Å². The van der Waals surface area contributed by atoms with E-state index in [-0.39, 0.29) is 36.8 Å². The van der Waals surface area contributed by atoms with E-state index in [1.807, 2.05) is 0 Å². The molecule has 0 unspecified atom stereocenters. The van der Waals surface area contributed by atoms with Crippen molar-refractivity contribution in [3.05, 3.63) is 29.8 Å². The highest BCUT2D eigenvalue weighted by molar-refractivity contribution is 7.89. The molecule has 1 aromatic carbocycles. The Morgan fingerprint density at radius 1 is 0.952 bits per heavy atom. The summed E-state index contributed by atoms with van der Waals surface area (Å²) in [5.41, 5.74) is 0.695. The van der Waals surface area contributed by atoms with Gasteiger partial charge in [0.1, 0.15) is 0 Å². The zero-order chi connectivity index (χ0) is 15.7. The van der Waals surface area contributed by atoms with E-state index < -0.39 is 20.0 Å². The van der Waals surface area contributed by atoms with Crippen LogP contribution in [0.15, 0.2) is 29.2 Å². The molecule has 0 bridgehead atoms. The second-order valence-corrected chi connectivity index (χ2v) is 9.13. The number of nitrogens with zero attached hydrogens (tertiary/aromatic N) is 2. The van der Waals surface area contributed by atoms with Gasteiger partial charge in [0, 0.05) is 26.2 Å². The molecule has 1 fully saturated rings. The molecule has 1 heterocycles. The van der Waals surface area contributed by atoms with Gasteiger partial charge in [-0.25, -0.2) is 16.8 Å². The Morgan fingerprint density at radius 2 is 1.48 bits per heavy atom. The first-order chi connectivity index (χ1) is 9.79. The molecule has 8 heteroatoms. The van der Waals surface area contributed by atoms with Crippen LogP contribution < -0.4 is 0 Å². The van der Waals surface area contributed by atoms with Gasteiger partial charge < -0.3 is 0 Å². The topological polar surface area (TPSA) is 74.8 Å². The Kier molecular flexibility index (Phi) is 4.72. The molecule has 0 aliphatic carbocycles. The molecule has 21 heavy (non-hydrogen) atoms. The summed E-state index contributed by atoms with van der Waals surface area (Å²) < 4.78 is 51.5. The minimum absolute atomic E-state index is 0.0392. The van der Waals surface area contributed by atoms with Crippen molar-refractivity contribution < 1.29 is 16.8 Å². The van der Waals surface area contributed by atoms with Crippen LogP contribution >= 0.6 is 0 Å². The molecular formula is C13H20N2O4S2. The van der Waals surface area contributed by atoms with Crippen molar-refractivity contribution in [2.24, 2.45) is 0 Å². The van der Waals surface area contributed by atoms with E-state index in [1.165, 1.54) is 8.61 Å². The van der Waals surface area contributed by atoms with Crippen LogP contribution in [0.5, 0.6) is 0 Å². The molecule has 0 saturated carbocycles. The first kappa shape index (κ1) is 16.4. The third kappa shape index (κ3) is 3.28. The van der Waals surface area contributed by atoms with Crippen LogP contribution in [0.1, 0.15) is 12.5 Å². The van der Waals surface area contributed by atoms with E-state index in [0.29, 0.717) is 5.56 Å². The first-order valence-electron chi connectivity index (χ1n) is 6.82. The monoisotopic (exact) mass is 332 g/mol. The Bertz CT molecular complexity index is 705. The normalized spacial score (nSPS) is 18.8. The second kappa shape index (κ2) is 6.04. The van der Waals surface area contributed by atoms with Crippen molar-refractivity contribution in [1.82, 2.24) is 8.61 Å². The van der Waals surface area contributed by atoms with E-state index in [0.717, 1.165) is 0 Å². The lowest BCUT2D eigenvalue weighted by molar-refractivity contribution is 0.273. The highest BCUT2D eigenvalue weighted by Gasteiger charge is 2.32. The van der Waals surface area contributed by atoms with Gasteiger partial charge in [0.25, 0.3) is 0 Å². The first-order valence-corrected chi connectivity index (χ1v) is 9.87. The predicted octanol–water partition coefficient (Wildman–Crippen LogP) is 0.651. The lowest BCUT2D eigenvalue weighted by Crippen LogP contribution is -2.50. The van der Waals surface area contributed by atoms with Crippen molar-refractivity contribution in [2.45, 2.75) is 18.7 Å². The summed E-state index contributed by atoms with van der Waals surface area (Å²) in [4.78, 5) is 0.289. The summed E-state index contributed by atoms with van der Waals surface area (Å²) >= 11 is 0. The third-order valence-electron chi connectivity index (χ3n) is 3.67. The standard InChI is InChI=1S/C13H20N2O4S2/c1-3-20(16,17)14-8-10-15(11-9-14)21(18,19)13-7-5-4-6-12(13)2/h4-7H,3,8-11H2,1-2H3. The number of rotatable bonds is 4. The maximum Gasteiger partial charge on any atom is 0.243 e. The summed E-state index contributed by atoms with van der Waals surface area (Å²) in [6, 6.07) is 6.82. The Hall–Kier alpha value is -0.960. The number of aryl methyl sites for hydroxylation is 1. The van der Waals surface area contributed by atoms with Gasteiger partial charge in [0.05, 0.1) is 10.6 Å². The minimum atomic E-state index is -3.56. The van der Waals surface area contributed by atoms with Gasteiger partial charge in [0.15, 0.2) is 0 Å². The molecule has 0 aromatic heterocycles. The Balaban J connectivity index is 2.18. The number of hydrogen-bond acceptors (Lipinski definition) is 4. The van der Waals surface area contributed by atoms with Crippen LogP contribution in [0.2, 0.25) is 0 Å². The quantitative estimate of drug-likeness (QED) is 0.811. The van der Waals surface area contributed by atoms with Gasteiger partial charge in [-0.2, -0.15) is 8.61 Å². The summed E-state index contributed by atoms with van der Waals surface area (Å²) in [5.74, 6) is 0.0392. The van der Waals surface area contributed by atoms with E-state index in [1.54, 1.807) is 38.1 Å². The second-order valence-electron chi connectivity index (χ2n) is 4.97. The Labute approximate surface area is 126 Å². The molecule has 1 aromatic rings. The molecule has 0 N–H and O–H groups in total. The fourth-order valence-corrected chi connectivity index (χ4v) is 5.09. The number of hydrogen-bond donors (Lipinski definition) is 0. The van der Waals surface area contributed by atoms with E-state index in [4.69, 9.17) is 0 Å². The fraction of sp³-hybridized carbons (Fsp3) is 0.538. The van der Waals surface area contributed by atoms with Crippen LogP contribution in [0.4, 0.5) is 0 Å². The average molecular weight is 332 g/mol. The predicted molar refractivity (Wildman–Crippen MR) is 81.0 cm³/mol. The van der Waals surface area contributed by atoms with Crippen molar-refractivity contribution >= 4 is 20.0 Å². The number of piperazine rings is 1. The minimum Gasteiger partial charge on any atom is -0.212 e. The summed E-state index contributed by atoms with van der Waals surface area (Å²) in [5, 5.41) is 0. The van der Waals surface area contributed by atoms with Crippen LogP contribution in [0.3, 0.4) is 0 Å². The maximum absolute atomic E-state index is 12.6. The van der Waals surface area contributed by atoms with E-state index in [2.05, 4.69) is 0 Å². The molecule has 0 amide bonds. The zero-order valence-electron chi connectivity index (χ0n) is 12.2. The van der Waals surface area contributed by atoms with Crippen LogP contribution in [0.25, 0.3) is 0 Å². The highest BCUT2D eigenvalue weighted by atomic mass is 32.2. The average Bonchev–Trinajstić information content (AvgIpc) is 2.47. The van der Waals surface area contributed by atoms with Crippen molar-refractivity contribution in [1.29, 1.82) is 0 Å². The number of benzene rings is 1. The van der Waals surface area contributed by atoms with Gasteiger partial charge in [-0.3, -0.25) is 0 Å². The van der Waals surface area contributed by atoms with E-state index in [9.17, 15) is 16.8 Å². The van der Waals surface area contributed by atoms with Gasteiger partial charge in [-0.1, -0.05) is 18.2 Å². The molecule has 1 saturated heterocycles. The van der Waals surface area contributed by atoms with Crippen LogP contribution in [-0.2, 0) is 20.0 Å². The van der Waals surface area contributed by atoms with E-state index >= 15 is 0 Å². The van der Waals surface area contributed by atoms with Gasteiger partial charge in [-0.15, -0.1) is 0 Å². The lowest BCUT2D eigenvalue weighted by atomic mass is 10.2. The molecule has 1 aliphatic heterocycles. The molecule has 1 aliphatic rings. The maximum atomic E-state index is 12.6. The summed E-state index contributed by atoms with van der Waals surface area (Å²) in [6.07, 6.45) is 0. The molecule has 0 spiro atoms. The van der Waals surface area contributed by atoms with Gasteiger partial charge >= 0.3 is 0 Å². The van der Waals surface area contributed by atoms with Crippen molar-refractivity contribution in [2.75, 3.05) is 31.9 Å². The molecule has 118 valence electrons. The largest absolute Gasteiger partial charge is 0.243 e. The van der Waals surface area contributed by atoms with Crippen molar-refractivity contribution in [3.63, 3.8) is 0 Å². The Morgan fingerprint density at radius 3 is 2.00 bits per heavy atom. The zero-order valence-corrected chi connectivity index (χ0v) is 13.8. The fourth-order valence-electron chi connectivity index (χ4n) is 2.36. The SMILES string of the molecule is CCS(=O)(=O)N1CCN(S(=O)(=O)c2ccccc2C)CC1. The molecule has 2 rings (SSSR count). The molecule has 6 nitrogen and oxygen atoms in total. The van der Waals surface area contributed by atoms with Gasteiger partial charge in [-0.05, 0) is 25.5 Å². The molecule has 0 atom stereocenters. The lowest BCUT2D eigenvalue weighted by Gasteiger charge is -2.33. The van der Waals surface area contributed by atoms with Gasteiger partial charge in [0.2, 0.25) is 20.0 Å². The van der Waals surface area contributed by atoms with Crippen LogP contribution in [0, 0.1) is 6.92 Å². The highest BCUT2D eigenvalue weighted by Crippen LogP contribution is 2.21. The van der Waals surface area contributed by atoms with Crippen LogP contribution in [-0.4, -0.2) is 57.4 Å². The molecule has 0 radical (unpaired) electrons. The number of sulfonamides is 2. The summed E-state index contributed by atoms with van der Waals surface area (Å²) in [6.45, 7) is 4.14.